The van der Waals surface area contributed by atoms with E-state index in [1.165, 1.54) is 0 Å². The molecule has 0 aliphatic rings. The van der Waals surface area contributed by atoms with E-state index in [4.69, 9.17) is 9.05 Å². The topological polar surface area (TPSA) is 64.6 Å². The molecule has 1 amide bonds. The van der Waals surface area contributed by atoms with E-state index in [2.05, 4.69) is 5.32 Å². The maximum absolute atomic E-state index is 13.7. The van der Waals surface area contributed by atoms with E-state index in [9.17, 15) is 9.36 Å². The molecule has 0 unspecified atom stereocenters. The molecule has 152 valence electrons. The first-order chi connectivity index (χ1) is 13.3. The lowest BCUT2D eigenvalue weighted by Gasteiger charge is -2.30. The third-order valence-electron chi connectivity index (χ3n) is 3.90. The zero-order valence-corrected chi connectivity index (χ0v) is 17.9. The molecule has 2 aromatic carbocycles. The third-order valence-corrected chi connectivity index (χ3v) is 6.41. The van der Waals surface area contributed by atoms with E-state index >= 15 is 0 Å². The molecule has 5 nitrogen and oxygen atoms in total. The zero-order chi connectivity index (χ0) is 20.6. The summed E-state index contributed by atoms with van der Waals surface area (Å²) in [5.74, 6) is -0.983. The molecule has 2 aromatic rings. The van der Waals surface area contributed by atoms with Crippen LogP contribution in [-0.4, -0.2) is 23.9 Å². The van der Waals surface area contributed by atoms with Gasteiger partial charge >= 0.3 is 7.60 Å². The highest BCUT2D eigenvalue weighted by molar-refractivity contribution is 7.54. The highest BCUT2D eigenvalue weighted by Gasteiger charge is 2.39. The van der Waals surface area contributed by atoms with Gasteiger partial charge in [-0.1, -0.05) is 60.7 Å². The fourth-order valence-corrected chi connectivity index (χ4v) is 5.11. The van der Waals surface area contributed by atoms with Crippen molar-refractivity contribution in [2.75, 3.05) is 0 Å². The summed E-state index contributed by atoms with van der Waals surface area (Å²) in [5.41, 5.74) is 1.84. The molecule has 0 saturated carbocycles. The Labute approximate surface area is 168 Å². The van der Waals surface area contributed by atoms with Crippen LogP contribution in [0.15, 0.2) is 60.7 Å². The molecular weight excluding hydrogens is 373 g/mol. The molecule has 0 saturated heterocycles. The average molecular weight is 403 g/mol. The Kier molecular flexibility index (Phi) is 8.43. The van der Waals surface area contributed by atoms with Gasteiger partial charge in [-0.25, -0.2) is 0 Å². The summed E-state index contributed by atoms with van der Waals surface area (Å²) in [6.45, 7) is 7.23. The van der Waals surface area contributed by atoms with Crippen molar-refractivity contribution in [2.24, 2.45) is 0 Å². The normalized spacial score (nSPS) is 12.9. The molecule has 0 aliphatic heterocycles. The van der Waals surface area contributed by atoms with Gasteiger partial charge in [0.1, 0.15) is 5.78 Å². The van der Waals surface area contributed by atoms with Gasteiger partial charge in [0.2, 0.25) is 5.91 Å². The maximum atomic E-state index is 13.7. The maximum Gasteiger partial charge on any atom is 0.353 e. The second-order valence-corrected chi connectivity index (χ2v) is 9.41. The van der Waals surface area contributed by atoms with Crippen LogP contribution < -0.4 is 5.32 Å². The Morgan fingerprint density at radius 2 is 1.32 bits per heavy atom. The summed E-state index contributed by atoms with van der Waals surface area (Å²) < 4.78 is 25.2. The van der Waals surface area contributed by atoms with Crippen LogP contribution in [0.25, 0.3) is 0 Å². The average Bonchev–Trinajstić information content (AvgIpc) is 2.61. The second-order valence-electron chi connectivity index (χ2n) is 7.28. The second kappa shape index (κ2) is 10.6. The molecule has 0 aromatic heterocycles. The summed E-state index contributed by atoms with van der Waals surface area (Å²) in [6, 6.07) is 19.1. The van der Waals surface area contributed by atoms with Crippen molar-refractivity contribution in [3.63, 3.8) is 0 Å². The summed E-state index contributed by atoms with van der Waals surface area (Å²) in [5, 5.41) is 2.91. The van der Waals surface area contributed by atoms with Crippen molar-refractivity contribution >= 4 is 13.5 Å². The predicted molar refractivity (Wildman–Crippen MR) is 112 cm³/mol. The zero-order valence-electron chi connectivity index (χ0n) is 17.0. The van der Waals surface area contributed by atoms with Gasteiger partial charge in [0.25, 0.3) is 0 Å². The first kappa shape index (κ1) is 22.4. The van der Waals surface area contributed by atoms with E-state index in [1.807, 2.05) is 88.4 Å². The number of hydrogen-bond donors (Lipinski definition) is 1. The lowest BCUT2D eigenvalue weighted by molar-refractivity contribution is -0.120. The quantitative estimate of drug-likeness (QED) is 0.570. The lowest BCUT2D eigenvalue weighted by atomic mass is 10.1. The molecule has 2 rings (SSSR count). The summed E-state index contributed by atoms with van der Waals surface area (Å²) >= 11 is 0. The molecule has 0 aliphatic carbocycles. The minimum Gasteiger partial charge on any atom is -0.341 e. The van der Waals surface area contributed by atoms with Crippen molar-refractivity contribution < 1.29 is 18.4 Å². The van der Waals surface area contributed by atoms with Crippen LogP contribution in [0.2, 0.25) is 0 Å². The van der Waals surface area contributed by atoms with Crippen LogP contribution in [0, 0.1) is 0 Å². The van der Waals surface area contributed by atoms with Crippen molar-refractivity contribution in [1.82, 2.24) is 5.32 Å². The van der Waals surface area contributed by atoms with Gasteiger partial charge in [0.15, 0.2) is 0 Å². The lowest BCUT2D eigenvalue weighted by Crippen LogP contribution is -2.39. The Morgan fingerprint density at radius 3 is 1.79 bits per heavy atom. The fourth-order valence-electron chi connectivity index (χ4n) is 2.86. The largest absolute Gasteiger partial charge is 0.353 e. The van der Waals surface area contributed by atoms with Gasteiger partial charge in [-0.15, -0.1) is 0 Å². The monoisotopic (exact) mass is 403 g/mol. The first-order valence-corrected chi connectivity index (χ1v) is 11.2. The smallest absolute Gasteiger partial charge is 0.341 e. The number of amides is 1. The van der Waals surface area contributed by atoms with E-state index in [1.54, 1.807) is 0 Å². The standard InChI is InChI=1S/C22H30NO4P/c1-17(2)26-28(25,27-18(3)4)22(16-20-13-9-6-10-14-20)23-21(24)15-19-11-7-5-8-12-19/h5-14,17-18,22H,15-16H2,1-4H3,(H,23,24)/t22-/m0/s1. The van der Waals surface area contributed by atoms with Crippen molar-refractivity contribution in [1.29, 1.82) is 0 Å². The van der Waals surface area contributed by atoms with Gasteiger partial charge in [0, 0.05) is 6.42 Å². The fraction of sp³-hybridized carbons (Fsp3) is 0.409. The molecule has 0 bridgehead atoms. The molecule has 0 radical (unpaired) electrons. The molecule has 0 heterocycles. The van der Waals surface area contributed by atoms with Crippen LogP contribution in [-0.2, 0) is 31.2 Å². The molecule has 6 heteroatoms. The van der Waals surface area contributed by atoms with Gasteiger partial charge in [-0.05, 0) is 38.8 Å². The number of nitrogens with one attached hydrogen (secondary N) is 1. The van der Waals surface area contributed by atoms with Crippen LogP contribution in [0.1, 0.15) is 38.8 Å². The van der Waals surface area contributed by atoms with Crippen molar-refractivity contribution in [3.05, 3.63) is 71.8 Å². The number of benzene rings is 2. The SMILES string of the molecule is CC(C)OP(=O)(OC(C)C)[C@@H](Cc1ccccc1)NC(=O)Cc1ccccc1. The van der Waals surface area contributed by atoms with Gasteiger partial charge in [0.05, 0.1) is 18.6 Å². The van der Waals surface area contributed by atoms with Crippen LogP contribution >= 0.6 is 7.60 Å². The Bertz CT molecular complexity index is 764. The summed E-state index contributed by atoms with van der Waals surface area (Å²) in [4.78, 5) is 12.7. The minimum atomic E-state index is -3.60. The van der Waals surface area contributed by atoms with E-state index in [-0.39, 0.29) is 24.5 Å². The molecule has 1 atom stereocenters. The van der Waals surface area contributed by atoms with Gasteiger partial charge in [-0.2, -0.15) is 0 Å². The van der Waals surface area contributed by atoms with E-state index < -0.39 is 13.4 Å². The molecule has 0 spiro atoms. The van der Waals surface area contributed by atoms with E-state index in [0.29, 0.717) is 6.42 Å². The summed E-state index contributed by atoms with van der Waals surface area (Å²) in [6.07, 6.45) is -0.0316. The Balaban J connectivity index is 2.26. The predicted octanol–water partition coefficient (Wildman–Crippen LogP) is 4.96. The number of hydrogen-bond acceptors (Lipinski definition) is 4. The number of rotatable bonds is 10. The summed E-state index contributed by atoms with van der Waals surface area (Å²) in [7, 11) is -3.60. The molecular formula is C22H30NO4P. The van der Waals surface area contributed by atoms with Crippen LogP contribution in [0.5, 0.6) is 0 Å². The van der Waals surface area contributed by atoms with Crippen molar-refractivity contribution in [3.8, 4) is 0 Å². The first-order valence-electron chi connectivity index (χ1n) is 9.62. The Hall–Kier alpha value is -1.94. The molecule has 28 heavy (non-hydrogen) atoms. The molecule has 1 N–H and O–H groups in total. The highest BCUT2D eigenvalue weighted by Crippen LogP contribution is 2.55. The van der Waals surface area contributed by atoms with E-state index in [0.717, 1.165) is 11.1 Å². The third kappa shape index (κ3) is 7.23. The molecule has 0 fully saturated rings. The van der Waals surface area contributed by atoms with Gasteiger partial charge in [-0.3, -0.25) is 9.36 Å². The highest BCUT2D eigenvalue weighted by atomic mass is 31.2. The van der Waals surface area contributed by atoms with Crippen LogP contribution in [0.4, 0.5) is 0 Å². The van der Waals surface area contributed by atoms with Crippen LogP contribution in [0.3, 0.4) is 0 Å². The Morgan fingerprint density at radius 1 is 0.857 bits per heavy atom. The van der Waals surface area contributed by atoms with Crippen molar-refractivity contribution in [2.45, 2.75) is 58.5 Å². The minimum absolute atomic E-state index is 0.204. The number of carbonyl (C=O) groups excluding carboxylic acids is 1. The van der Waals surface area contributed by atoms with Gasteiger partial charge < -0.3 is 14.4 Å². The number of carbonyl (C=O) groups is 1.